The summed E-state index contributed by atoms with van der Waals surface area (Å²) in [7, 11) is 0. The van der Waals surface area contributed by atoms with Gasteiger partial charge in [-0.1, -0.05) is 13.8 Å². The van der Waals surface area contributed by atoms with Crippen molar-refractivity contribution in [3.8, 4) is 11.3 Å². The van der Waals surface area contributed by atoms with E-state index in [9.17, 15) is 9.18 Å². The SMILES string of the molecule is Cc1cc(-c2cc(C(=O)NC(CC(C)C)c3nccs3)[nH]n2)ccc1F. The van der Waals surface area contributed by atoms with Crippen LogP contribution in [0.1, 0.15) is 47.4 Å². The Bertz CT molecular complexity index is 889. The van der Waals surface area contributed by atoms with E-state index >= 15 is 0 Å². The Hall–Kier alpha value is -2.54. The highest BCUT2D eigenvalue weighted by Crippen LogP contribution is 2.24. The molecule has 0 saturated carbocycles. The lowest BCUT2D eigenvalue weighted by Gasteiger charge is -2.18. The van der Waals surface area contributed by atoms with E-state index in [0.717, 1.165) is 17.0 Å². The van der Waals surface area contributed by atoms with Gasteiger partial charge >= 0.3 is 0 Å². The number of aryl methyl sites for hydroxylation is 1. The highest BCUT2D eigenvalue weighted by atomic mass is 32.1. The first-order valence-corrected chi connectivity index (χ1v) is 9.34. The maximum absolute atomic E-state index is 13.4. The van der Waals surface area contributed by atoms with Crippen molar-refractivity contribution in [2.24, 2.45) is 5.92 Å². The molecule has 1 aromatic carbocycles. The van der Waals surface area contributed by atoms with Gasteiger partial charge in [0.2, 0.25) is 0 Å². The standard InChI is InChI=1S/C19H21FN4OS/c1-11(2)8-17(19-21-6-7-26-19)22-18(25)16-10-15(23-24-16)13-4-5-14(20)12(3)9-13/h4-7,9-11,17H,8H2,1-3H3,(H,22,25)(H,23,24). The molecule has 0 saturated heterocycles. The van der Waals surface area contributed by atoms with Crippen molar-refractivity contribution in [2.75, 3.05) is 0 Å². The molecule has 5 nitrogen and oxygen atoms in total. The highest BCUT2D eigenvalue weighted by molar-refractivity contribution is 7.09. The lowest BCUT2D eigenvalue weighted by atomic mass is 10.0. The summed E-state index contributed by atoms with van der Waals surface area (Å²) < 4.78 is 13.4. The fourth-order valence-corrected chi connectivity index (χ4v) is 3.43. The number of hydrogen-bond donors (Lipinski definition) is 2. The van der Waals surface area contributed by atoms with Gasteiger partial charge in [-0.05, 0) is 49.1 Å². The summed E-state index contributed by atoms with van der Waals surface area (Å²) >= 11 is 1.53. The Balaban J connectivity index is 1.77. The van der Waals surface area contributed by atoms with Gasteiger partial charge in [-0.15, -0.1) is 11.3 Å². The van der Waals surface area contributed by atoms with E-state index in [2.05, 4.69) is 34.3 Å². The minimum Gasteiger partial charge on any atom is -0.341 e. The van der Waals surface area contributed by atoms with Crippen LogP contribution in [0.25, 0.3) is 11.3 Å². The van der Waals surface area contributed by atoms with Crippen LogP contribution in [0.3, 0.4) is 0 Å². The van der Waals surface area contributed by atoms with E-state index in [1.807, 2.05) is 5.38 Å². The number of thiazole rings is 1. The number of benzene rings is 1. The number of hydrogen-bond acceptors (Lipinski definition) is 4. The second kappa shape index (κ2) is 7.78. The molecule has 136 valence electrons. The average Bonchev–Trinajstić information content (AvgIpc) is 3.28. The largest absolute Gasteiger partial charge is 0.341 e. The molecular weight excluding hydrogens is 351 g/mol. The van der Waals surface area contributed by atoms with Gasteiger partial charge in [-0.3, -0.25) is 9.89 Å². The number of carbonyl (C=O) groups is 1. The minimum absolute atomic E-state index is 0.137. The van der Waals surface area contributed by atoms with Crippen molar-refractivity contribution in [2.45, 2.75) is 33.2 Å². The Kier molecular flexibility index (Phi) is 5.46. The second-order valence-electron chi connectivity index (χ2n) is 6.66. The molecule has 0 aliphatic heterocycles. The lowest BCUT2D eigenvalue weighted by molar-refractivity contribution is 0.0927. The quantitative estimate of drug-likeness (QED) is 0.669. The number of amides is 1. The Morgan fingerprint density at radius 2 is 2.15 bits per heavy atom. The molecule has 7 heteroatoms. The summed E-state index contributed by atoms with van der Waals surface area (Å²) in [5.41, 5.74) is 2.27. The van der Waals surface area contributed by atoms with Crippen LogP contribution in [0, 0.1) is 18.7 Å². The molecule has 0 aliphatic carbocycles. The van der Waals surface area contributed by atoms with E-state index in [1.165, 1.54) is 17.4 Å². The number of aromatic amines is 1. The molecule has 0 fully saturated rings. The Labute approximate surface area is 155 Å². The summed E-state index contributed by atoms with van der Waals surface area (Å²) in [6.45, 7) is 5.92. The van der Waals surface area contributed by atoms with Crippen LogP contribution >= 0.6 is 11.3 Å². The molecule has 0 radical (unpaired) electrons. The van der Waals surface area contributed by atoms with E-state index in [0.29, 0.717) is 22.9 Å². The van der Waals surface area contributed by atoms with Gasteiger partial charge in [0.1, 0.15) is 16.5 Å². The van der Waals surface area contributed by atoms with Gasteiger partial charge in [-0.25, -0.2) is 9.37 Å². The van der Waals surface area contributed by atoms with Crippen molar-refractivity contribution in [1.82, 2.24) is 20.5 Å². The van der Waals surface area contributed by atoms with Crippen LogP contribution in [0.4, 0.5) is 4.39 Å². The van der Waals surface area contributed by atoms with Gasteiger partial charge in [0, 0.05) is 17.1 Å². The van der Waals surface area contributed by atoms with E-state index < -0.39 is 0 Å². The second-order valence-corrected chi connectivity index (χ2v) is 7.58. The number of rotatable bonds is 6. The topological polar surface area (TPSA) is 70.7 Å². The zero-order chi connectivity index (χ0) is 18.7. The predicted octanol–water partition coefficient (Wildman–Crippen LogP) is 4.50. The molecule has 0 aliphatic rings. The smallest absolute Gasteiger partial charge is 0.269 e. The van der Waals surface area contributed by atoms with Crippen molar-refractivity contribution in [3.63, 3.8) is 0 Å². The molecule has 1 atom stereocenters. The lowest BCUT2D eigenvalue weighted by Crippen LogP contribution is -2.29. The third kappa shape index (κ3) is 4.16. The monoisotopic (exact) mass is 372 g/mol. The van der Waals surface area contributed by atoms with E-state index in [4.69, 9.17) is 0 Å². The maximum Gasteiger partial charge on any atom is 0.269 e. The van der Waals surface area contributed by atoms with Crippen molar-refractivity contribution in [1.29, 1.82) is 0 Å². The average molecular weight is 372 g/mol. The number of carbonyl (C=O) groups excluding carboxylic acids is 1. The minimum atomic E-state index is -0.262. The molecule has 3 rings (SSSR count). The van der Waals surface area contributed by atoms with Crippen LogP contribution in [-0.4, -0.2) is 21.1 Å². The molecule has 2 heterocycles. The third-order valence-electron chi connectivity index (χ3n) is 4.04. The van der Waals surface area contributed by atoms with Crippen molar-refractivity contribution >= 4 is 17.2 Å². The number of nitrogens with zero attached hydrogens (tertiary/aromatic N) is 2. The maximum atomic E-state index is 13.4. The van der Waals surface area contributed by atoms with Gasteiger partial charge in [0.05, 0.1) is 11.7 Å². The van der Waals surface area contributed by atoms with Gasteiger partial charge in [0.25, 0.3) is 5.91 Å². The molecule has 2 aromatic heterocycles. The van der Waals surface area contributed by atoms with Gasteiger partial charge < -0.3 is 5.32 Å². The molecule has 1 unspecified atom stereocenters. The summed E-state index contributed by atoms with van der Waals surface area (Å²) in [6.07, 6.45) is 2.54. The Morgan fingerprint density at radius 1 is 1.35 bits per heavy atom. The van der Waals surface area contributed by atoms with Gasteiger partial charge in [0.15, 0.2) is 0 Å². The van der Waals surface area contributed by atoms with Crippen LogP contribution in [-0.2, 0) is 0 Å². The first kappa shape index (κ1) is 18.3. The molecule has 1 amide bonds. The number of aromatic nitrogens is 3. The Morgan fingerprint density at radius 3 is 2.81 bits per heavy atom. The fraction of sp³-hybridized carbons (Fsp3) is 0.316. The summed E-state index contributed by atoms with van der Waals surface area (Å²) in [5, 5.41) is 12.8. The number of nitrogens with one attached hydrogen (secondary N) is 2. The zero-order valence-corrected chi connectivity index (χ0v) is 15.7. The number of halogens is 1. The van der Waals surface area contributed by atoms with Crippen molar-refractivity contribution in [3.05, 3.63) is 57.9 Å². The fourth-order valence-electron chi connectivity index (χ4n) is 2.73. The van der Waals surface area contributed by atoms with Gasteiger partial charge in [-0.2, -0.15) is 5.10 Å². The number of H-pyrrole nitrogens is 1. The van der Waals surface area contributed by atoms with Crippen LogP contribution in [0.15, 0.2) is 35.8 Å². The van der Waals surface area contributed by atoms with Crippen LogP contribution in [0.5, 0.6) is 0 Å². The van der Waals surface area contributed by atoms with Crippen LogP contribution < -0.4 is 5.32 Å². The van der Waals surface area contributed by atoms with E-state index in [-0.39, 0.29) is 17.8 Å². The molecule has 0 spiro atoms. The molecule has 2 N–H and O–H groups in total. The summed E-state index contributed by atoms with van der Waals surface area (Å²) in [5.74, 6) is -0.0746. The highest BCUT2D eigenvalue weighted by Gasteiger charge is 2.20. The molecular formula is C19H21FN4OS. The summed E-state index contributed by atoms with van der Waals surface area (Å²) in [4.78, 5) is 17.0. The molecule has 3 aromatic rings. The first-order valence-electron chi connectivity index (χ1n) is 8.46. The normalized spacial score (nSPS) is 12.3. The summed E-state index contributed by atoms with van der Waals surface area (Å²) in [6, 6.07) is 6.31. The zero-order valence-electron chi connectivity index (χ0n) is 14.9. The predicted molar refractivity (Wildman–Crippen MR) is 100 cm³/mol. The third-order valence-corrected chi connectivity index (χ3v) is 4.93. The van der Waals surface area contributed by atoms with Crippen LogP contribution in [0.2, 0.25) is 0 Å². The molecule has 0 bridgehead atoms. The van der Waals surface area contributed by atoms with E-state index in [1.54, 1.807) is 31.3 Å². The first-order chi connectivity index (χ1) is 12.4. The molecule has 26 heavy (non-hydrogen) atoms. The van der Waals surface area contributed by atoms with Crippen molar-refractivity contribution < 1.29 is 9.18 Å².